The molecule has 1 unspecified atom stereocenters. The summed E-state index contributed by atoms with van der Waals surface area (Å²) in [5.41, 5.74) is 4.83. The molecular weight excluding hydrogens is 454 g/mol. The molecule has 0 amide bonds. The number of fused-ring (bicyclic) bond motifs is 1. The summed E-state index contributed by atoms with van der Waals surface area (Å²) in [6.45, 7) is 9.40. The molecule has 6 rings (SSSR count). The Balaban J connectivity index is 1.14. The van der Waals surface area contributed by atoms with E-state index in [0.29, 0.717) is 12.6 Å². The van der Waals surface area contributed by atoms with E-state index in [9.17, 15) is 0 Å². The van der Waals surface area contributed by atoms with Gasteiger partial charge >= 0.3 is 0 Å². The molecule has 3 saturated heterocycles. The summed E-state index contributed by atoms with van der Waals surface area (Å²) in [6.07, 6.45) is 6.40. The third-order valence-corrected chi connectivity index (χ3v) is 7.34. The highest BCUT2D eigenvalue weighted by Gasteiger charge is 2.23. The second kappa shape index (κ2) is 11.0. The summed E-state index contributed by atoms with van der Waals surface area (Å²) in [5, 5.41) is 6.83. The minimum atomic E-state index is 0.112. The van der Waals surface area contributed by atoms with Crippen molar-refractivity contribution in [2.75, 3.05) is 75.8 Å². The Morgan fingerprint density at radius 1 is 0.972 bits per heavy atom. The third-order valence-electron chi connectivity index (χ3n) is 7.34. The van der Waals surface area contributed by atoms with Crippen LogP contribution >= 0.6 is 0 Å². The highest BCUT2D eigenvalue weighted by atomic mass is 16.5. The first-order valence-electron chi connectivity index (χ1n) is 13.2. The predicted molar refractivity (Wildman–Crippen MR) is 141 cm³/mol. The zero-order valence-corrected chi connectivity index (χ0v) is 20.7. The molecule has 0 spiro atoms. The van der Waals surface area contributed by atoms with Crippen molar-refractivity contribution in [2.24, 2.45) is 0 Å². The molecule has 9 nitrogen and oxygen atoms in total. The molecule has 3 fully saturated rings. The number of nitrogens with one attached hydrogen (secondary N) is 2. The average Bonchev–Trinajstić information content (AvgIpc) is 3.46. The second-order valence-electron chi connectivity index (χ2n) is 9.83. The van der Waals surface area contributed by atoms with Gasteiger partial charge in [-0.15, -0.1) is 0 Å². The lowest BCUT2D eigenvalue weighted by Crippen LogP contribution is -2.48. The highest BCUT2D eigenvalue weighted by molar-refractivity contribution is 5.88. The topological polar surface area (TPSA) is 87.7 Å². The van der Waals surface area contributed by atoms with Crippen LogP contribution in [0.4, 0.5) is 11.5 Å². The summed E-state index contributed by atoms with van der Waals surface area (Å²) in [4.78, 5) is 19.0. The van der Waals surface area contributed by atoms with E-state index >= 15 is 0 Å². The Morgan fingerprint density at radius 3 is 2.58 bits per heavy atom. The quantitative estimate of drug-likeness (QED) is 0.519. The number of piperazine rings is 1. The first-order valence-corrected chi connectivity index (χ1v) is 13.2. The zero-order valence-electron chi connectivity index (χ0n) is 20.7. The molecule has 36 heavy (non-hydrogen) atoms. The average molecular weight is 490 g/mol. The number of rotatable bonds is 7. The van der Waals surface area contributed by atoms with E-state index in [1.165, 1.54) is 18.5 Å². The maximum Gasteiger partial charge on any atom is 0.154 e. The molecule has 2 atom stereocenters. The standard InChI is InChI=1S/C27H35N7O2/c1-2-22(35-14-1)19-33-10-12-34(13-11-33)21-5-3-20(4-6-21)24-16-25-26(30-8-7-29-25)27(32-24)31-18-23-17-28-9-15-36-23/h3-8,16,22-23,28H,1-2,9-15,17-19H2,(H,31,32)/t22?,23-/m0/s1. The smallest absolute Gasteiger partial charge is 0.154 e. The van der Waals surface area contributed by atoms with Crippen molar-refractivity contribution in [2.45, 2.75) is 25.0 Å². The van der Waals surface area contributed by atoms with Gasteiger partial charge in [0.1, 0.15) is 5.52 Å². The van der Waals surface area contributed by atoms with Gasteiger partial charge < -0.3 is 25.0 Å². The van der Waals surface area contributed by atoms with E-state index in [0.717, 1.165) is 87.1 Å². The Morgan fingerprint density at radius 2 is 1.81 bits per heavy atom. The number of benzene rings is 1. The van der Waals surface area contributed by atoms with Crippen molar-refractivity contribution < 1.29 is 9.47 Å². The van der Waals surface area contributed by atoms with E-state index in [1.54, 1.807) is 12.4 Å². The Hall–Kier alpha value is -2.85. The van der Waals surface area contributed by atoms with Crippen LogP contribution in [0.25, 0.3) is 22.3 Å². The first kappa shape index (κ1) is 23.5. The lowest BCUT2D eigenvalue weighted by atomic mass is 10.1. The minimum Gasteiger partial charge on any atom is -0.377 e. The van der Waals surface area contributed by atoms with E-state index in [1.807, 2.05) is 6.07 Å². The predicted octanol–water partition coefficient (Wildman–Crippen LogP) is 2.39. The van der Waals surface area contributed by atoms with E-state index in [2.05, 4.69) is 54.7 Å². The number of hydrogen-bond acceptors (Lipinski definition) is 9. The van der Waals surface area contributed by atoms with Gasteiger partial charge in [-0.05, 0) is 31.0 Å². The molecule has 5 heterocycles. The molecule has 0 saturated carbocycles. The molecule has 0 aliphatic carbocycles. The van der Waals surface area contributed by atoms with Crippen LogP contribution in [0.5, 0.6) is 0 Å². The minimum absolute atomic E-state index is 0.112. The van der Waals surface area contributed by atoms with Gasteiger partial charge in [0.2, 0.25) is 0 Å². The van der Waals surface area contributed by atoms with Crippen molar-refractivity contribution in [3.63, 3.8) is 0 Å². The van der Waals surface area contributed by atoms with Crippen LogP contribution in [0, 0.1) is 0 Å². The molecule has 0 radical (unpaired) electrons. The molecule has 9 heteroatoms. The monoisotopic (exact) mass is 489 g/mol. The summed E-state index contributed by atoms with van der Waals surface area (Å²) in [6, 6.07) is 10.8. The first-order chi connectivity index (χ1) is 17.8. The Labute approximate surface area is 212 Å². The third kappa shape index (κ3) is 5.44. The lowest BCUT2D eigenvalue weighted by molar-refractivity contribution is 0.0372. The number of hydrogen-bond donors (Lipinski definition) is 2. The number of anilines is 2. The number of morpholine rings is 1. The number of pyridine rings is 1. The number of nitrogens with zero attached hydrogens (tertiary/aromatic N) is 5. The molecule has 3 aromatic rings. The van der Waals surface area contributed by atoms with E-state index in [4.69, 9.17) is 14.5 Å². The molecular formula is C27H35N7O2. The SMILES string of the molecule is c1cnc2c(NC[C@@H]3CNCCO3)nc(-c3ccc(N4CCN(CC5CCCO5)CC4)cc3)cc2n1. The van der Waals surface area contributed by atoms with Crippen LogP contribution < -0.4 is 15.5 Å². The van der Waals surface area contributed by atoms with Gasteiger partial charge in [-0.25, -0.2) is 9.97 Å². The van der Waals surface area contributed by atoms with Crippen LogP contribution in [0.2, 0.25) is 0 Å². The Kier molecular flexibility index (Phi) is 7.22. The van der Waals surface area contributed by atoms with Gasteiger partial charge in [-0.2, -0.15) is 0 Å². The zero-order chi connectivity index (χ0) is 24.2. The fourth-order valence-corrected chi connectivity index (χ4v) is 5.31. The molecule has 0 bridgehead atoms. The molecule has 1 aromatic carbocycles. The van der Waals surface area contributed by atoms with Crippen molar-refractivity contribution in [1.29, 1.82) is 0 Å². The van der Waals surface area contributed by atoms with Gasteiger partial charge in [0.05, 0.1) is 30.0 Å². The summed E-state index contributed by atoms with van der Waals surface area (Å²) in [5.74, 6) is 0.746. The van der Waals surface area contributed by atoms with Crippen molar-refractivity contribution >= 4 is 22.5 Å². The maximum absolute atomic E-state index is 5.83. The maximum atomic E-state index is 5.83. The van der Waals surface area contributed by atoms with Gasteiger partial charge in [-0.1, -0.05) is 12.1 Å². The fraction of sp³-hybridized carbons (Fsp3) is 0.519. The summed E-state index contributed by atoms with van der Waals surface area (Å²) >= 11 is 0. The molecule has 3 aliphatic heterocycles. The largest absolute Gasteiger partial charge is 0.377 e. The van der Waals surface area contributed by atoms with E-state index < -0.39 is 0 Å². The molecule has 190 valence electrons. The van der Waals surface area contributed by atoms with Gasteiger partial charge in [0, 0.05) is 82.6 Å². The highest BCUT2D eigenvalue weighted by Crippen LogP contribution is 2.28. The van der Waals surface area contributed by atoms with Crippen molar-refractivity contribution in [3.8, 4) is 11.3 Å². The van der Waals surface area contributed by atoms with Crippen LogP contribution in [0.3, 0.4) is 0 Å². The summed E-state index contributed by atoms with van der Waals surface area (Å²) in [7, 11) is 0. The number of ether oxygens (including phenoxy) is 2. The van der Waals surface area contributed by atoms with Gasteiger partial charge in [-0.3, -0.25) is 9.88 Å². The summed E-state index contributed by atoms with van der Waals surface area (Å²) < 4.78 is 11.7. The van der Waals surface area contributed by atoms with Gasteiger partial charge in [0.25, 0.3) is 0 Å². The van der Waals surface area contributed by atoms with Crippen LogP contribution in [-0.4, -0.2) is 97.6 Å². The second-order valence-corrected chi connectivity index (χ2v) is 9.83. The van der Waals surface area contributed by atoms with E-state index in [-0.39, 0.29) is 6.10 Å². The van der Waals surface area contributed by atoms with Crippen molar-refractivity contribution in [1.82, 2.24) is 25.2 Å². The molecule has 2 N–H and O–H groups in total. The molecule has 2 aromatic heterocycles. The number of aromatic nitrogens is 3. The normalized spacial score (nSPS) is 23.3. The van der Waals surface area contributed by atoms with Crippen molar-refractivity contribution in [3.05, 3.63) is 42.7 Å². The van der Waals surface area contributed by atoms with Crippen LogP contribution in [-0.2, 0) is 9.47 Å². The van der Waals surface area contributed by atoms with Crippen LogP contribution in [0.1, 0.15) is 12.8 Å². The van der Waals surface area contributed by atoms with Gasteiger partial charge in [0.15, 0.2) is 5.82 Å². The molecule has 3 aliphatic rings. The Bertz CT molecular complexity index is 1140. The van der Waals surface area contributed by atoms with Crippen LogP contribution in [0.15, 0.2) is 42.7 Å². The fourth-order valence-electron chi connectivity index (χ4n) is 5.31. The lowest BCUT2D eigenvalue weighted by Gasteiger charge is -2.37.